The van der Waals surface area contributed by atoms with Crippen molar-refractivity contribution < 1.29 is 9.90 Å². The predicted molar refractivity (Wildman–Crippen MR) is 135 cm³/mol. The van der Waals surface area contributed by atoms with E-state index in [2.05, 4.69) is 63.9 Å². The van der Waals surface area contributed by atoms with Gasteiger partial charge in [0.1, 0.15) is 0 Å². The monoisotopic (exact) mass is 451 g/mol. The number of ketones is 1. The van der Waals surface area contributed by atoms with E-state index in [9.17, 15) is 9.90 Å². The summed E-state index contributed by atoms with van der Waals surface area (Å²) in [5.41, 5.74) is 1.19. The van der Waals surface area contributed by atoms with Crippen LogP contribution in [-0.2, 0) is 4.79 Å². The average molecular weight is 452 g/mol. The van der Waals surface area contributed by atoms with Crippen molar-refractivity contribution in [2.45, 2.75) is 84.7 Å². The molecule has 9 atom stereocenters. The van der Waals surface area contributed by atoms with E-state index in [-0.39, 0.29) is 11.3 Å². The van der Waals surface area contributed by atoms with Gasteiger partial charge in [0.2, 0.25) is 0 Å². The third-order valence-electron chi connectivity index (χ3n) is 11.2. The van der Waals surface area contributed by atoms with Crippen molar-refractivity contribution in [3.8, 4) is 0 Å². The van der Waals surface area contributed by atoms with E-state index in [0.29, 0.717) is 35.5 Å². The molecule has 0 spiro atoms. The van der Waals surface area contributed by atoms with Crippen LogP contribution in [0.3, 0.4) is 0 Å². The van der Waals surface area contributed by atoms with Crippen LogP contribution < -0.4 is 4.90 Å². The second kappa shape index (κ2) is 8.11. The Kier molecular flexibility index (Phi) is 5.75. The molecule has 1 N–H and O–H groups in total. The predicted octanol–water partition coefficient (Wildman–Crippen LogP) is 6.35. The zero-order chi connectivity index (χ0) is 23.6. The van der Waals surface area contributed by atoms with Crippen molar-refractivity contribution in [3.63, 3.8) is 0 Å². The normalized spacial score (nSPS) is 46.7. The number of aliphatic hydroxyl groups is 1. The first-order valence-corrected chi connectivity index (χ1v) is 13.6. The van der Waals surface area contributed by atoms with Crippen LogP contribution in [0.1, 0.15) is 79.1 Å². The molecule has 0 radical (unpaired) electrons. The Morgan fingerprint density at radius 1 is 1.00 bits per heavy atom. The number of fused-ring (bicyclic) bond motifs is 5. The van der Waals surface area contributed by atoms with Crippen molar-refractivity contribution in [1.82, 2.24) is 0 Å². The summed E-state index contributed by atoms with van der Waals surface area (Å²) >= 11 is 0. The van der Waals surface area contributed by atoms with Crippen LogP contribution >= 0.6 is 0 Å². The maximum Gasteiger partial charge on any atom is 0.155 e. The number of carbonyl (C=O) groups is 1. The van der Waals surface area contributed by atoms with Gasteiger partial charge >= 0.3 is 0 Å². The van der Waals surface area contributed by atoms with E-state index in [0.717, 1.165) is 30.4 Å². The van der Waals surface area contributed by atoms with Crippen LogP contribution in [0.4, 0.5) is 5.69 Å². The van der Waals surface area contributed by atoms with Crippen LogP contribution in [0.15, 0.2) is 30.3 Å². The van der Waals surface area contributed by atoms with Gasteiger partial charge in [-0.2, -0.15) is 0 Å². The number of likely N-dealkylation sites (N-methyl/N-ethyl adjacent to an activating group) is 1. The van der Waals surface area contributed by atoms with Crippen molar-refractivity contribution >= 4 is 11.5 Å². The average Bonchev–Trinajstić information content (AvgIpc) is 3.04. The minimum Gasteiger partial charge on any atom is -0.390 e. The molecule has 4 aliphatic rings. The molecule has 0 aliphatic heterocycles. The second-order valence-corrected chi connectivity index (χ2v) is 13.3. The molecule has 1 unspecified atom stereocenters. The third kappa shape index (κ3) is 3.77. The molecular weight excluding hydrogens is 406 g/mol. The van der Waals surface area contributed by atoms with E-state index >= 15 is 0 Å². The molecule has 33 heavy (non-hydrogen) atoms. The van der Waals surface area contributed by atoms with E-state index in [1.165, 1.54) is 38.5 Å². The summed E-state index contributed by atoms with van der Waals surface area (Å²) in [6.45, 7) is 9.96. The fourth-order valence-electron chi connectivity index (χ4n) is 9.59. The highest BCUT2D eigenvalue weighted by Crippen LogP contribution is 2.68. The highest BCUT2D eigenvalue weighted by Gasteiger charge is 2.63. The van der Waals surface area contributed by atoms with Gasteiger partial charge in [0, 0.05) is 18.7 Å². The number of Topliss-reactive ketones (excluding diaryl/α,β-unsaturated/α-hetero) is 1. The number of carbonyl (C=O) groups excluding carboxylic acids is 1. The highest BCUT2D eigenvalue weighted by atomic mass is 16.3. The molecule has 4 aliphatic carbocycles. The number of anilines is 1. The molecule has 3 heteroatoms. The van der Waals surface area contributed by atoms with E-state index < -0.39 is 5.60 Å². The quantitative estimate of drug-likeness (QED) is 0.580. The van der Waals surface area contributed by atoms with Gasteiger partial charge < -0.3 is 10.0 Å². The van der Waals surface area contributed by atoms with Crippen LogP contribution in [0.2, 0.25) is 0 Å². The maximum atomic E-state index is 13.8. The molecule has 3 nitrogen and oxygen atoms in total. The highest BCUT2D eigenvalue weighted by molar-refractivity contribution is 5.87. The van der Waals surface area contributed by atoms with Gasteiger partial charge in [0.05, 0.1) is 12.1 Å². The van der Waals surface area contributed by atoms with E-state index in [1.54, 1.807) is 0 Å². The Morgan fingerprint density at radius 3 is 2.45 bits per heavy atom. The summed E-state index contributed by atoms with van der Waals surface area (Å²) < 4.78 is 0. The van der Waals surface area contributed by atoms with Gasteiger partial charge in [-0.25, -0.2) is 0 Å². The molecule has 182 valence electrons. The molecular formula is C30H45NO2. The van der Waals surface area contributed by atoms with Gasteiger partial charge in [-0.1, -0.05) is 39.0 Å². The molecule has 4 saturated carbocycles. The first-order valence-electron chi connectivity index (χ1n) is 13.6. The van der Waals surface area contributed by atoms with Crippen LogP contribution in [0, 0.1) is 46.3 Å². The number of hydrogen-bond donors (Lipinski definition) is 1. The number of nitrogens with zero attached hydrogens (tertiary/aromatic N) is 1. The number of benzene rings is 1. The number of para-hydroxylation sites is 1. The minimum absolute atomic E-state index is 0.151. The molecule has 1 aromatic carbocycles. The maximum absolute atomic E-state index is 13.8. The molecule has 0 bridgehead atoms. The Hall–Kier alpha value is -1.35. The number of hydrogen-bond acceptors (Lipinski definition) is 3. The SMILES string of the molecule is C[C@@H]1C[C@H]2[C@@H]3CC[C@H]4C[C@](C)(O)CC[C@]4(C)[C@H]3CC[C@]2(C)C1C(=O)CN(C)c1ccccc1. The molecule has 0 aromatic heterocycles. The lowest BCUT2D eigenvalue weighted by atomic mass is 9.44. The summed E-state index contributed by atoms with van der Waals surface area (Å²) in [4.78, 5) is 15.9. The summed E-state index contributed by atoms with van der Waals surface area (Å²) in [6, 6.07) is 10.3. The minimum atomic E-state index is -0.468. The fraction of sp³-hybridized carbons (Fsp3) is 0.767. The third-order valence-corrected chi connectivity index (χ3v) is 11.2. The Bertz CT molecular complexity index is 881. The van der Waals surface area contributed by atoms with Crippen molar-refractivity contribution in [1.29, 1.82) is 0 Å². The van der Waals surface area contributed by atoms with Crippen molar-refractivity contribution in [2.24, 2.45) is 46.3 Å². The first kappa shape index (κ1) is 23.4. The summed E-state index contributed by atoms with van der Waals surface area (Å²) in [6.07, 6.45) is 9.39. The fourth-order valence-corrected chi connectivity index (χ4v) is 9.59. The molecule has 0 saturated heterocycles. The smallest absolute Gasteiger partial charge is 0.155 e. The topological polar surface area (TPSA) is 40.5 Å². The molecule has 5 rings (SSSR count). The Labute approximate surface area is 201 Å². The lowest BCUT2D eigenvalue weighted by Gasteiger charge is -2.61. The van der Waals surface area contributed by atoms with E-state index in [4.69, 9.17) is 0 Å². The lowest BCUT2D eigenvalue weighted by molar-refractivity contribution is -0.150. The molecule has 1 aromatic rings. The largest absolute Gasteiger partial charge is 0.390 e. The van der Waals surface area contributed by atoms with Crippen LogP contribution in [-0.4, -0.2) is 30.1 Å². The number of rotatable bonds is 4. The standard InChI is InChI=1S/C30H45NO2/c1-20-17-25-23-12-11-21-18-28(2,33)15-16-29(21,3)24(23)13-14-30(25,4)27(20)26(32)19-31(5)22-9-7-6-8-10-22/h6-10,20-21,23-25,27,33H,11-19H2,1-5H3/t20-,21+,23-,24+,25+,27?,28-,29+,30+/m1/s1. The van der Waals surface area contributed by atoms with E-state index in [1.807, 2.05) is 6.07 Å². The molecule has 4 fully saturated rings. The summed E-state index contributed by atoms with van der Waals surface area (Å²) in [5, 5.41) is 10.8. The summed E-state index contributed by atoms with van der Waals surface area (Å²) in [5.74, 6) is 4.01. The zero-order valence-electron chi connectivity index (χ0n) is 21.5. The van der Waals surface area contributed by atoms with Crippen molar-refractivity contribution in [2.75, 3.05) is 18.5 Å². The lowest BCUT2D eigenvalue weighted by Crippen LogP contribution is -2.56. The second-order valence-electron chi connectivity index (χ2n) is 13.3. The molecule has 0 amide bonds. The first-order chi connectivity index (χ1) is 15.6. The van der Waals surface area contributed by atoms with Crippen LogP contribution in [0.25, 0.3) is 0 Å². The van der Waals surface area contributed by atoms with Gasteiger partial charge in [-0.05, 0) is 111 Å². The van der Waals surface area contributed by atoms with Gasteiger partial charge in [0.25, 0.3) is 0 Å². The Balaban J connectivity index is 1.35. The van der Waals surface area contributed by atoms with Crippen LogP contribution in [0.5, 0.6) is 0 Å². The Morgan fingerprint density at radius 2 is 1.73 bits per heavy atom. The van der Waals surface area contributed by atoms with Gasteiger partial charge in [-0.3, -0.25) is 4.79 Å². The zero-order valence-corrected chi connectivity index (χ0v) is 21.5. The van der Waals surface area contributed by atoms with Gasteiger partial charge in [0.15, 0.2) is 5.78 Å². The summed E-state index contributed by atoms with van der Waals surface area (Å²) in [7, 11) is 2.06. The molecule has 0 heterocycles. The van der Waals surface area contributed by atoms with Crippen molar-refractivity contribution in [3.05, 3.63) is 30.3 Å². The van der Waals surface area contributed by atoms with Gasteiger partial charge in [-0.15, -0.1) is 0 Å².